The van der Waals surface area contributed by atoms with Gasteiger partial charge in [0, 0.05) is 0 Å². The lowest BCUT2D eigenvalue weighted by Crippen LogP contribution is -2.68. The van der Waals surface area contributed by atoms with Crippen molar-refractivity contribution in [3.63, 3.8) is 0 Å². The van der Waals surface area contributed by atoms with Gasteiger partial charge >= 0.3 is 47.8 Å². The van der Waals surface area contributed by atoms with E-state index in [-0.39, 0.29) is 70.6 Å². The Morgan fingerprint density at radius 2 is 0.614 bits per heavy atom. The second-order valence-electron chi connectivity index (χ2n) is 14.5. The molecule has 8 aliphatic rings. The summed E-state index contributed by atoms with van der Waals surface area (Å²) in [5.41, 5.74) is -11.1. The van der Waals surface area contributed by atoms with Gasteiger partial charge in [0.05, 0.1) is 43.8 Å². The highest BCUT2D eigenvalue weighted by Gasteiger charge is 2.77. The molecule has 8 rings (SSSR count). The van der Waals surface area contributed by atoms with Gasteiger partial charge in [-0.25, -0.2) is 0 Å². The summed E-state index contributed by atoms with van der Waals surface area (Å²) in [7, 11) is 0. The van der Waals surface area contributed by atoms with E-state index in [1.165, 1.54) is 0 Å². The maximum Gasteiger partial charge on any atom is 0.310 e. The van der Waals surface area contributed by atoms with E-state index in [4.69, 9.17) is 0 Å². The molecule has 0 amide bonds. The first kappa shape index (κ1) is 31.2. The molecule has 0 aromatic carbocycles. The smallest absolute Gasteiger partial charge is 0.310 e. The van der Waals surface area contributed by atoms with Gasteiger partial charge in [0.25, 0.3) is 0 Å². The van der Waals surface area contributed by atoms with Crippen LogP contribution >= 0.6 is 0 Å². The first-order valence-electron chi connectivity index (χ1n) is 14.0. The molecule has 3 unspecified atom stereocenters. The summed E-state index contributed by atoms with van der Waals surface area (Å²) in [5.74, 6) is -12.3. The van der Waals surface area contributed by atoms with Crippen molar-refractivity contribution in [2.75, 3.05) is 0 Å². The number of carboxylic acid groups (broad SMARTS) is 8. The number of hydrogen-bond donors (Lipinski definition) is 8. The average Bonchev–Trinajstić information content (AvgIpc) is 2.87. The molecule has 8 N–H and O–H groups in total. The number of rotatable bonds is 8. The summed E-state index contributed by atoms with van der Waals surface area (Å²) in [6, 6.07) is 0. The van der Waals surface area contributed by atoms with Crippen LogP contribution in [0.3, 0.4) is 0 Å². The van der Waals surface area contributed by atoms with Crippen LogP contribution in [0, 0.1) is 49.7 Å². The van der Waals surface area contributed by atoms with E-state index in [9.17, 15) is 79.2 Å². The van der Waals surface area contributed by atoms with Crippen LogP contribution in [0.15, 0.2) is 0 Å². The highest BCUT2D eigenvalue weighted by atomic mass is 16.4. The van der Waals surface area contributed by atoms with Crippen molar-refractivity contribution in [3.05, 3.63) is 0 Å². The molecule has 3 atom stereocenters. The number of hydrogen-bond acceptors (Lipinski definition) is 8. The zero-order valence-electron chi connectivity index (χ0n) is 23.3. The molecule has 0 heterocycles. The zero-order chi connectivity index (χ0) is 33.1. The van der Waals surface area contributed by atoms with E-state index in [2.05, 4.69) is 0 Å². The monoisotopic (exact) mass is 624 g/mol. The van der Waals surface area contributed by atoms with Crippen molar-refractivity contribution >= 4 is 47.8 Å². The second-order valence-corrected chi connectivity index (χ2v) is 14.5. The van der Waals surface area contributed by atoms with E-state index in [0.29, 0.717) is 0 Å². The van der Waals surface area contributed by atoms with Crippen molar-refractivity contribution in [2.24, 2.45) is 49.7 Å². The van der Waals surface area contributed by atoms with Crippen molar-refractivity contribution in [3.8, 4) is 0 Å². The molecule has 0 aromatic heterocycles. The minimum Gasteiger partial charge on any atom is -0.481 e. The van der Waals surface area contributed by atoms with Gasteiger partial charge in [0.2, 0.25) is 0 Å². The first-order chi connectivity index (χ1) is 20.1. The average molecular weight is 625 g/mol. The Bertz CT molecular complexity index is 1270. The summed E-state index contributed by atoms with van der Waals surface area (Å²) < 4.78 is 0. The first-order valence-corrected chi connectivity index (χ1v) is 14.0. The summed E-state index contributed by atoms with van der Waals surface area (Å²) >= 11 is 0. The van der Waals surface area contributed by atoms with Crippen LogP contribution < -0.4 is 0 Å². The third-order valence-electron chi connectivity index (χ3n) is 11.8. The summed E-state index contributed by atoms with van der Waals surface area (Å²) in [6.45, 7) is 0. The van der Waals surface area contributed by atoms with Crippen LogP contribution in [-0.2, 0) is 38.4 Å². The fourth-order valence-electron chi connectivity index (χ4n) is 11.1. The molecule has 44 heavy (non-hydrogen) atoms. The molecule has 240 valence electrons. The van der Waals surface area contributed by atoms with Crippen molar-refractivity contribution in [1.29, 1.82) is 0 Å². The minimum atomic E-state index is -1.82. The SMILES string of the molecule is O=C(O)C12CC3(C(=O)O)CC(C(=O)O)(C1)CC(C(=O)O)(C2)C3.O=C(O)C1C2CC3(C(=O)O)CC(C(=O)O)(C2)CC1(C(=O)O)C3. The van der Waals surface area contributed by atoms with E-state index < -0.39 is 97.5 Å². The number of carboxylic acids is 8. The molecule has 8 saturated carbocycles. The largest absolute Gasteiger partial charge is 0.481 e. The summed E-state index contributed by atoms with van der Waals surface area (Å²) in [4.78, 5) is 94.0. The van der Waals surface area contributed by atoms with E-state index in [1.807, 2.05) is 0 Å². The molecular weight excluding hydrogens is 592 g/mol. The minimum absolute atomic E-state index is 0.0311. The van der Waals surface area contributed by atoms with Gasteiger partial charge in [-0.15, -0.1) is 0 Å². The maximum atomic E-state index is 11.8. The topological polar surface area (TPSA) is 298 Å². The van der Waals surface area contributed by atoms with Crippen molar-refractivity contribution in [1.82, 2.24) is 0 Å². The van der Waals surface area contributed by atoms with Gasteiger partial charge in [-0.1, -0.05) is 0 Å². The molecule has 0 radical (unpaired) electrons. The van der Waals surface area contributed by atoms with Crippen LogP contribution in [0.4, 0.5) is 0 Å². The van der Waals surface area contributed by atoms with E-state index >= 15 is 0 Å². The maximum absolute atomic E-state index is 11.8. The molecule has 16 nitrogen and oxygen atoms in total. The quantitative estimate of drug-likeness (QED) is 0.188. The third-order valence-corrected chi connectivity index (χ3v) is 11.8. The highest BCUT2D eigenvalue weighted by Crippen LogP contribution is 2.74. The lowest BCUT2D eigenvalue weighted by Gasteiger charge is -2.65. The van der Waals surface area contributed by atoms with Crippen LogP contribution in [0.25, 0.3) is 0 Å². The zero-order valence-corrected chi connectivity index (χ0v) is 23.3. The molecule has 0 spiro atoms. The molecule has 16 heteroatoms. The molecule has 8 bridgehead atoms. The molecule has 0 aliphatic heterocycles. The van der Waals surface area contributed by atoms with Crippen LogP contribution in [0.1, 0.15) is 70.6 Å². The Hall–Kier alpha value is -4.24. The summed E-state index contributed by atoms with van der Waals surface area (Å²) in [5, 5.41) is 76.6. The standard InChI is InChI=1S/2C14H16O8/c15-7(16)11-1-12(8(17)18)4-13(2-11,9(19)20)6-14(3-11,5-12)10(21)22;15-8(16)7-6-1-12(9(17)18)3-13(2-6,10(19)20)5-14(7,4-12)11(21)22/h1-6H2,(H,15,16)(H,17,18)(H,19,20)(H,21,22);6-7H,1-5H2,(H,15,16)(H,17,18)(H,19,20)(H,21,22). The molecule has 8 aliphatic carbocycles. The predicted octanol–water partition coefficient (Wildman–Crippen LogP) is 1.16. The van der Waals surface area contributed by atoms with Gasteiger partial charge in [0.15, 0.2) is 0 Å². The molecule has 8 fully saturated rings. The van der Waals surface area contributed by atoms with Crippen LogP contribution in [0.5, 0.6) is 0 Å². The van der Waals surface area contributed by atoms with Gasteiger partial charge in [-0.2, -0.15) is 0 Å². The molecule has 0 aromatic rings. The van der Waals surface area contributed by atoms with Crippen molar-refractivity contribution < 1.29 is 79.2 Å². The lowest BCUT2D eigenvalue weighted by molar-refractivity contribution is -0.229. The molecular formula is C28H32O16. The van der Waals surface area contributed by atoms with Gasteiger partial charge in [-0.3, -0.25) is 38.4 Å². The summed E-state index contributed by atoms with van der Waals surface area (Å²) in [6.07, 6.45) is -1.88. The van der Waals surface area contributed by atoms with Gasteiger partial charge in [-0.05, 0) is 76.5 Å². The fourth-order valence-corrected chi connectivity index (χ4v) is 11.1. The second kappa shape index (κ2) is 8.91. The number of aliphatic carboxylic acids is 8. The highest BCUT2D eigenvalue weighted by molar-refractivity contribution is 5.91. The normalized spacial score (nSPS) is 45.5. The Morgan fingerprint density at radius 3 is 0.818 bits per heavy atom. The van der Waals surface area contributed by atoms with Gasteiger partial charge < -0.3 is 40.9 Å². The Kier molecular flexibility index (Phi) is 6.32. The number of carbonyl (C=O) groups is 8. The Morgan fingerprint density at radius 1 is 0.364 bits per heavy atom. The Balaban J connectivity index is 0.000000175. The lowest BCUT2D eigenvalue weighted by atomic mass is 9.35. The van der Waals surface area contributed by atoms with Crippen molar-refractivity contribution in [2.45, 2.75) is 70.6 Å². The van der Waals surface area contributed by atoms with Gasteiger partial charge in [0.1, 0.15) is 0 Å². The fraction of sp³-hybridized carbons (Fsp3) is 0.714. The van der Waals surface area contributed by atoms with Crippen LogP contribution in [-0.4, -0.2) is 88.6 Å². The Labute approximate surface area is 247 Å². The van der Waals surface area contributed by atoms with E-state index in [0.717, 1.165) is 0 Å². The van der Waals surface area contributed by atoms with Crippen LogP contribution in [0.2, 0.25) is 0 Å². The van der Waals surface area contributed by atoms with E-state index in [1.54, 1.807) is 0 Å². The predicted molar refractivity (Wildman–Crippen MR) is 136 cm³/mol. The molecule has 0 saturated heterocycles. The third kappa shape index (κ3) is 3.81.